The summed E-state index contributed by atoms with van der Waals surface area (Å²) in [6.07, 6.45) is 4.86. The third-order valence-electron chi connectivity index (χ3n) is 2.31. The molecule has 0 bridgehead atoms. The summed E-state index contributed by atoms with van der Waals surface area (Å²) in [7, 11) is 0. The first-order valence-corrected chi connectivity index (χ1v) is 6.64. The van der Waals surface area contributed by atoms with Crippen LogP contribution in [0.15, 0.2) is 0 Å². The van der Waals surface area contributed by atoms with E-state index in [0.717, 1.165) is 19.6 Å². The highest BCUT2D eigenvalue weighted by molar-refractivity contribution is 14.1. The number of alkyl halides is 1. The van der Waals surface area contributed by atoms with Gasteiger partial charge in [-0.2, -0.15) is 0 Å². The number of hydrogen-bond donors (Lipinski definition) is 0. The standard InChI is InChI=1S/C10H19IO2/c1-9(5-6-11)8-13-10-4-2-3-7-12-10/h9-10H,2-8H2,1H3/t9-,10?/m0/s1. The van der Waals surface area contributed by atoms with Crippen LogP contribution in [-0.2, 0) is 9.47 Å². The van der Waals surface area contributed by atoms with Crippen molar-refractivity contribution >= 4 is 22.6 Å². The highest BCUT2D eigenvalue weighted by Gasteiger charge is 2.14. The maximum Gasteiger partial charge on any atom is 0.157 e. The van der Waals surface area contributed by atoms with Crippen molar-refractivity contribution in [2.45, 2.75) is 38.9 Å². The molecule has 3 heteroatoms. The van der Waals surface area contributed by atoms with Crippen LogP contribution < -0.4 is 0 Å². The Kier molecular flexibility index (Phi) is 6.32. The zero-order valence-electron chi connectivity index (χ0n) is 8.30. The Bertz CT molecular complexity index is 124. The van der Waals surface area contributed by atoms with Gasteiger partial charge in [-0.3, -0.25) is 0 Å². The average molecular weight is 298 g/mol. The van der Waals surface area contributed by atoms with Crippen molar-refractivity contribution in [2.75, 3.05) is 17.6 Å². The van der Waals surface area contributed by atoms with Crippen molar-refractivity contribution in [3.05, 3.63) is 0 Å². The van der Waals surface area contributed by atoms with Crippen LogP contribution in [0.4, 0.5) is 0 Å². The molecule has 78 valence electrons. The molecule has 1 aliphatic rings. The van der Waals surface area contributed by atoms with E-state index < -0.39 is 0 Å². The van der Waals surface area contributed by atoms with Crippen molar-refractivity contribution < 1.29 is 9.47 Å². The van der Waals surface area contributed by atoms with Gasteiger partial charge in [0.15, 0.2) is 6.29 Å². The van der Waals surface area contributed by atoms with E-state index in [1.807, 2.05) is 0 Å². The topological polar surface area (TPSA) is 18.5 Å². The summed E-state index contributed by atoms with van der Waals surface area (Å²) in [5.74, 6) is 0.669. The third-order valence-corrected chi connectivity index (χ3v) is 2.93. The second kappa shape index (κ2) is 7.01. The van der Waals surface area contributed by atoms with Crippen LogP contribution in [0.2, 0.25) is 0 Å². The van der Waals surface area contributed by atoms with Crippen LogP contribution in [0.5, 0.6) is 0 Å². The fourth-order valence-electron chi connectivity index (χ4n) is 1.38. The predicted molar refractivity (Wildman–Crippen MR) is 62.2 cm³/mol. The highest BCUT2D eigenvalue weighted by Crippen LogP contribution is 2.15. The van der Waals surface area contributed by atoms with Crippen molar-refractivity contribution in [3.8, 4) is 0 Å². The molecule has 1 unspecified atom stereocenters. The molecule has 1 aliphatic heterocycles. The van der Waals surface area contributed by atoms with Gasteiger partial charge in [-0.1, -0.05) is 29.5 Å². The van der Waals surface area contributed by atoms with Crippen LogP contribution >= 0.6 is 22.6 Å². The van der Waals surface area contributed by atoms with Crippen LogP contribution in [-0.4, -0.2) is 23.9 Å². The second-order valence-electron chi connectivity index (χ2n) is 3.71. The van der Waals surface area contributed by atoms with Gasteiger partial charge in [0.1, 0.15) is 0 Å². The van der Waals surface area contributed by atoms with Crippen molar-refractivity contribution in [2.24, 2.45) is 5.92 Å². The molecule has 0 spiro atoms. The SMILES string of the molecule is C[C@@H](CCI)COC1CCCCO1. The quantitative estimate of drug-likeness (QED) is 0.574. The van der Waals surface area contributed by atoms with Gasteiger partial charge >= 0.3 is 0 Å². The van der Waals surface area contributed by atoms with Gasteiger partial charge in [0.25, 0.3) is 0 Å². The molecule has 1 fully saturated rings. The summed E-state index contributed by atoms with van der Waals surface area (Å²) in [6, 6.07) is 0. The fraction of sp³-hybridized carbons (Fsp3) is 1.00. The van der Waals surface area contributed by atoms with Gasteiger partial charge in [0, 0.05) is 6.61 Å². The molecule has 0 aromatic rings. The highest BCUT2D eigenvalue weighted by atomic mass is 127. The first kappa shape index (κ1) is 11.7. The lowest BCUT2D eigenvalue weighted by molar-refractivity contribution is -0.168. The van der Waals surface area contributed by atoms with E-state index in [9.17, 15) is 0 Å². The van der Waals surface area contributed by atoms with Crippen LogP contribution in [0.25, 0.3) is 0 Å². The lowest BCUT2D eigenvalue weighted by atomic mass is 10.1. The summed E-state index contributed by atoms with van der Waals surface area (Å²) in [5, 5.41) is 0. The van der Waals surface area contributed by atoms with E-state index in [1.165, 1.54) is 23.7 Å². The van der Waals surface area contributed by atoms with Gasteiger partial charge < -0.3 is 9.47 Å². The molecule has 0 N–H and O–H groups in total. The smallest absolute Gasteiger partial charge is 0.157 e. The summed E-state index contributed by atoms with van der Waals surface area (Å²) in [5.41, 5.74) is 0. The minimum Gasteiger partial charge on any atom is -0.353 e. The fourth-order valence-corrected chi connectivity index (χ4v) is 2.45. The second-order valence-corrected chi connectivity index (χ2v) is 4.79. The Labute approximate surface area is 94.5 Å². The van der Waals surface area contributed by atoms with E-state index in [1.54, 1.807) is 0 Å². The molecular formula is C10H19IO2. The third kappa shape index (κ3) is 5.18. The van der Waals surface area contributed by atoms with Crippen molar-refractivity contribution in [1.29, 1.82) is 0 Å². The van der Waals surface area contributed by atoms with E-state index >= 15 is 0 Å². The Morgan fingerprint density at radius 2 is 2.38 bits per heavy atom. The van der Waals surface area contributed by atoms with Gasteiger partial charge in [-0.15, -0.1) is 0 Å². The van der Waals surface area contributed by atoms with E-state index in [-0.39, 0.29) is 6.29 Å². The first-order chi connectivity index (χ1) is 6.33. The molecule has 1 rings (SSSR count). The zero-order valence-corrected chi connectivity index (χ0v) is 10.5. The summed E-state index contributed by atoms with van der Waals surface area (Å²) in [6.45, 7) is 3.97. The van der Waals surface area contributed by atoms with Crippen molar-refractivity contribution in [3.63, 3.8) is 0 Å². The van der Waals surface area contributed by atoms with Crippen molar-refractivity contribution in [1.82, 2.24) is 0 Å². The minimum absolute atomic E-state index is 0.0883. The number of hydrogen-bond acceptors (Lipinski definition) is 2. The molecule has 2 nitrogen and oxygen atoms in total. The molecule has 1 saturated heterocycles. The first-order valence-electron chi connectivity index (χ1n) is 5.12. The Morgan fingerprint density at radius 1 is 1.54 bits per heavy atom. The maximum absolute atomic E-state index is 5.67. The zero-order chi connectivity index (χ0) is 9.52. The Morgan fingerprint density at radius 3 is 3.00 bits per heavy atom. The molecule has 2 atom stereocenters. The number of halogens is 1. The molecule has 0 aromatic heterocycles. The largest absolute Gasteiger partial charge is 0.353 e. The molecule has 0 saturated carbocycles. The predicted octanol–water partition coefficient (Wildman–Crippen LogP) is 2.99. The van der Waals surface area contributed by atoms with Gasteiger partial charge in [0.2, 0.25) is 0 Å². The minimum atomic E-state index is 0.0883. The molecule has 0 aliphatic carbocycles. The molecule has 1 heterocycles. The van der Waals surface area contributed by atoms with E-state index in [2.05, 4.69) is 29.5 Å². The van der Waals surface area contributed by atoms with E-state index in [0.29, 0.717) is 5.92 Å². The lowest BCUT2D eigenvalue weighted by Crippen LogP contribution is -2.24. The Hall–Kier alpha value is 0.650. The molecule has 13 heavy (non-hydrogen) atoms. The molecule has 0 aromatic carbocycles. The number of rotatable bonds is 5. The molecular weight excluding hydrogens is 279 g/mol. The molecule has 0 radical (unpaired) electrons. The maximum atomic E-state index is 5.67. The molecule has 0 amide bonds. The summed E-state index contributed by atoms with van der Waals surface area (Å²) >= 11 is 2.41. The summed E-state index contributed by atoms with van der Waals surface area (Å²) in [4.78, 5) is 0. The number of ether oxygens (including phenoxy) is 2. The normalized spacial score (nSPS) is 25.8. The lowest BCUT2D eigenvalue weighted by Gasteiger charge is -2.24. The average Bonchev–Trinajstić information content (AvgIpc) is 2.17. The van der Waals surface area contributed by atoms with Crippen LogP contribution in [0.3, 0.4) is 0 Å². The van der Waals surface area contributed by atoms with E-state index in [4.69, 9.17) is 9.47 Å². The van der Waals surface area contributed by atoms with Gasteiger partial charge in [-0.25, -0.2) is 0 Å². The van der Waals surface area contributed by atoms with Gasteiger partial charge in [0.05, 0.1) is 6.61 Å². The van der Waals surface area contributed by atoms with Crippen LogP contribution in [0.1, 0.15) is 32.6 Å². The summed E-state index contributed by atoms with van der Waals surface area (Å²) < 4.78 is 12.4. The van der Waals surface area contributed by atoms with Crippen LogP contribution in [0, 0.1) is 5.92 Å². The Balaban J connectivity index is 2.03. The van der Waals surface area contributed by atoms with Gasteiger partial charge in [-0.05, 0) is 36.0 Å². The monoisotopic (exact) mass is 298 g/mol.